The summed E-state index contributed by atoms with van der Waals surface area (Å²) in [5.41, 5.74) is 4.03. The molecule has 88 valence electrons. The topological polar surface area (TPSA) is 47.3 Å². The van der Waals surface area contributed by atoms with Gasteiger partial charge in [0.05, 0.1) is 12.1 Å². The molecule has 0 aromatic heterocycles. The Balaban J connectivity index is 2.00. The van der Waals surface area contributed by atoms with E-state index in [1.54, 1.807) is 0 Å². The van der Waals surface area contributed by atoms with Gasteiger partial charge in [0.25, 0.3) is 0 Å². The highest BCUT2D eigenvalue weighted by atomic mass is 35.5. The number of hydrazine groups is 1. The van der Waals surface area contributed by atoms with Crippen LogP contribution in [0.4, 0.5) is 0 Å². The normalized spacial score (nSPS) is 22.2. The van der Waals surface area contributed by atoms with Gasteiger partial charge in [0.1, 0.15) is 0 Å². The molecular formula is C12H17ClN2O. The van der Waals surface area contributed by atoms with E-state index in [2.05, 4.69) is 11.5 Å². The number of ether oxygens (including phenoxy) is 1. The molecule has 1 aromatic rings. The molecular weight excluding hydrogens is 224 g/mol. The Labute approximate surface area is 101 Å². The standard InChI is InChI=1S/C12H17ClN2O/c13-10-4-1-3-9(7-10)8-11(15-14)12-5-2-6-16-12/h1,3-4,7,11-12,15H,2,5-6,8,14H2. The molecule has 0 spiro atoms. The third-order valence-corrected chi connectivity index (χ3v) is 3.21. The van der Waals surface area contributed by atoms with Crippen molar-refractivity contribution >= 4 is 11.6 Å². The van der Waals surface area contributed by atoms with Crippen LogP contribution in [0.2, 0.25) is 5.02 Å². The number of nitrogens with one attached hydrogen (secondary N) is 1. The second kappa shape index (κ2) is 5.64. The molecule has 1 heterocycles. The maximum atomic E-state index is 5.95. The Morgan fingerprint density at radius 1 is 1.56 bits per heavy atom. The minimum atomic E-state index is 0.168. The van der Waals surface area contributed by atoms with Crippen molar-refractivity contribution in [3.05, 3.63) is 34.9 Å². The van der Waals surface area contributed by atoms with Gasteiger partial charge in [-0.3, -0.25) is 11.3 Å². The Kier molecular flexibility index (Phi) is 4.18. The number of halogens is 1. The fraction of sp³-hybridized carbons (Fsp3) is 0.500. The van der Waals surface area contributed by atoms with E-state index in [1.807, 2.05) is 18.2 Å². The summed E-state index contributed by atoms with van der Waals surface area (Å²) in [6.07, 6.45) is 3.28. The molecule has 1 fully saturated rings. The van der Waals surface area contributed by atoms with Crippen molar-refractivity contribution in [2.24, 2.45) is 5.84 Å². The number of hydrogen-bond donors (Lipinski definition) is 2. The van der Waals surface area contributed by atoms with Gasteiger partial charge in [-0.15, -0.1) is 0 Å². The molecule has 1 aliphatic rings. The van der Waals surface area contributed by atoms with Crippen LogP contribution in [0.1, 0.15) is 18.4 Å². The van der Waals surface area contributed by atoms with Crippen molar-refractivity contribution in [1.29, 1.82) is 0 Å². The molecule has 3 nitrogen and oxygen atoms in total. The van der Waals surface area contributed by atoms with Crippen LogP contribution in [0.15, 0.2) is 24.3 Å². The summed E-state index contributed by atoms with van der Waals surface area (Å²) in [5, 5.41) is 0.764. The molecule has 0 saturated carbocycles. The summed E-state index contributed by atoms with van der Waals surface area (Å²) in [5.74, 6) is 5.58. The molecule has 1 saturated heterocycles. The van der Waals surface area contributed by atoms with E-state index in [1.165, 1.54) is 5.56 Å². The molecule has 2 rings (SSSR count). The molecule has 16 heavy (non-hydrogen) atoms. The van der Waals surface area contributed by atoms with Crippen LogP contribution < -0.4 is 11.3 Å². The monoisotopic (exact) mass is 240 g/mol. The van der Waals surface area contributed by atoms with Crippen molar-refractivity contribution in [1.82, 2.24) is 5.43 Å². The van der Waals surface area contributed by atoms with Crippen LogP contribution in [0.3, 0.4) is 0 Å². The van der Waals surface area contributed by atoms with Gasteiger partial charge in [-0.05, 0) is 37.0 Å². The van der Waals surface area contributed by atoms with E-state index in [0.29, 0.717) is 0 Å². The van der Waals surface area contributed by atoms with E-state index in [-0.39, 0.29) is 12.1 Å². The van der Waals surface area contributed by atoms with Gasteiger partial charge >= 0.3 is 0 Å². The second-order valence-corrected chi connectivity index (χ2v) is 4.60. The summed E-state index contributed by atoms with van der Waals surface area (Å²) in [4.78, 5) is 0. The fourth-order valence-electron chi connectivity index (χ4n) is 2.14. The molecule has 0 radical (unpaired) electrons. The third-order valence-electron chi connectivity index (χ3n) is 2.97. The largest absolute Gasteiger partial charge is 0.377 e. The lowest BCUT2D eigenvalue weighted by Gasteiger charge is -2.22. The molecule has 1 aliphatic heterocycles. The molecule has 0 bridgehead atoms. The molecule has 1 aromatic carbocycles. The van der Waals surface area contributed by atoms with E-state index in [4.69, 9.17) is 22.2 Å². The maximum Gasteiger partial charge on any atom is 0.0745 e. The SMILES string of the molecule is NNC(Cc1cccc(Cl)c1)C1CCCO1. The highest BCUT2D eigenvalue weighted by Gasteiger charge is 2.25. The first kappa shape index (κ1) is 11.9. The molecule has 3 N–H and O–H groups in total. The first-order chi connectivity index (χ1) is 7.79. The Morgan fingerprint density at radius 2 is 2.44 bits per heavy atom. The predicted octanol–water partition coefficient (Wildman–Crippen LogP) is 1.89. The first-order valence-corrected chi connectivity index (χ1v) is 5.99. The molecule has 0 aliphatic carbocycles. The zero-order valence-corrected chi connectivity index (χ0v) is 9.91. The molecule has 0 amide bonds. The number of nitrogens with two attached hydrogens (primary N) is 1. The van der Waals surface area contributed by atoms with Crippen molar-refractivity contribution in [3.8, 4) is 0 Å². The van der Waals surface area contributed by atoms with Gasteiger partial charge in [-0.25, -0.2) is 0 Å². The number of rotatable bonds is 4. The third kappa shape index (κ3) is 2.95. The average Bonchev–Trinajstić information content (AvgIpc) is 2.79. The zero-order chi connectivity index (χ0) is 11.4. The Morgan fingerprint density at radius 3 is 3.06 bits per heavy atom. The van der Waals surface area contributed by atoms with Crippen LogP contribution in [0.5, 0.6) is 0 Å². The van der Waals surface area contributed by atoms with Gasteiger partial charge in [0, 0.05) is 11.6 Å². The van der Waals surface area contributed by atoms with Gasteiger partial charge < -0.3 is 4.74 Å². The van der Waals surface area contributed by atoms with Crippen molar-refractivity contribution in [2.45, 2.75) is 31.4 Å². The van der Waals surface area contributed by atoms with E-state index >= 15 is 0 Å². The second-order valence-electron chi connectivity index (χ2n) is 4.16. The quantitative estimate of drug-likeness (QED) is 0.624. The van der Waals surface area contributed by atoms with Crippen LogP contribution in [0.25, 0.3) is 0 Å². The fourth-order valence-corrected chi connectivity index (χ4v) is 2.35. The van der Waals surface area contributed by atoms with Crippen LogP contribution in [0, 0.1) is 0 Å². The smallest absolute Gasteiger partial charge is 0.0745 e. The van der Waals surface area contributed by atoms with Gasteiger partial charge in [-0.1, -0.05) is 23.7 Å². The lowest BCUT2D eigenvalue weighted by atomic mass is 10.00. The number of benzene rings is 1. The van der Waals surface area contributed by atoms with Gasteiger partial charge in [0.15, 0.2) is 0 Å². The van der Waals surface area contributed by atoms with Crippen molar-refractivity contribution < 1.29 is 4.74 Å². The summed E-state index contributed by atoms with van der Waals surface area (Å²) < 4.78 is 5.63. The van der Waals surface area contributed by atoms with Gasteiger partial charge in [0.2, 0.25) is 0 Å². The maximum absolute atomic E-state index is 5.95. The highest BCUT2D eigenvalue weighted by molar-refractivity contribution is 6.30. The number of hydrogen-bond acceptors (Lipinski definition) is 3. The molecule has 2 atom stereocenters. The Bertz CT molecular complexity index is 340. The van der Waals surface area contributed by atoms with Crippen LogP contribution in [-0.4, -0.2) is 18.8 Å². The highest BCUT2D eigenvalue weighted by Crippen LogP contribution is 2.19. The van der Waals surface area contributed by atoms with Crippen molar-refractivity contribution in [3.63, 3.8) is 0 Å². The summed E-state index contributed by atoms with van der Waals surface area (Å²) >= 11 is 5.95. The summed E-state index contributed by atoms with van der Waals surface area (Å²) in [6, 6.07) is 8.04. The molecule has 4 heteroatoms. The van der Waals surface area contributed by atoms with E-state index < -0.39 is 0 Å². The summed E-state index contributed by atoms with van der Waals surface area (Å²) in [6.45, 7) is 0.846. The van der Waals surface area contributed by atoms with Crippen molar-refractivity contribution in [2.75, 3.05) is 6.61 Å². The van der Waals surface area contributed by atoms with Gasteiger partial charge in [-0.2, -0.15) is 0 Å². The average molecular weight is 241 g/mol. The van der Waals surface area contributed by atoms with E-state index in [0.717, 1.165) is 30.9 Å². The molecule has 2 unspecified atom stereocenters. The Hall–Kier alpha value is -0.610. The predicted molar refractivity (Wildman–Crippen MR) is 65.2 cm³/mol. The van der Waals surface area contributed by atoms with Crippen LogP contribution >= 0.6 is 11.6 Å². The minimum absolute atomic E-state index is 0.168. The summed E-state index contributed by atoms with van der Waals surface area (Å²) in [7, 11) is 0. The lowest BCUT2D eigenvalue weighted by molar-refractivity contribution is 0.0784. The minimum Gasteiger partial charge on any atom is -0.377 e. The first-order valence-electron chi connectivity index (χ1n) is 5.62. The van der Waals surface area contributed by atoms with E-state index in [9.17, 15) is 0 Å². The van der Waals surface area contributed by atoms with Crippen LogP contribution in [-0.2, 0) is 11.2 Å². The zero-order valence-electron chi connectivity index (χ0n) is 9.16. The lowest BCUT2D eigenvalue weighted by Crippen LogP contribution is -2.45.